The molecular formula is C13H19BrN2O4S. The van der Waals surface area contributed by atoms with Crippen molar-refractivity contribution in [3.05, 3.63) is 22.7 Å². The van der Waals surface area contributed by atoms with Gasteiger partial charge in [-0.05, 0) is 32.0 Å². The number of nitrogen functional groups attached to an aromatic ring is 1. The topological polar surface area (TPSA) is 92.9 Å². The summed E-state index contributed by atoms with van der Waals surface area (Å²) < 4.78 is 33.2. The molecule has 0 radical (unpaired) electrons. The second kappa shape index (κ2) is 5.85. The average molecular weight is 379 g/mol. The minimum Gasteiger partial charge on any atom is -0.398 e. The summed E-state index contributed by atoms with van der Waals surface area (Å²) in [5.41, 5.74) is 5.36. The van der Waals surface area contributed by atoms with Crippen LogP contribution in [0.2, 0.25) is 0 Å². The zero-order valence-corrected chi connectivity index (χ0v) is 14.3. The van der Waals surface area contributed by atoms with Crippen molar-refractivity contribution in [2.45, 2.75) is 30.4 Å². The average Bonchev–Trinajstić information content (AvgIpc) is 2.36. The van der Waals surface area contributed by atoms with E-state index in [0.29, 0.717) is 0 Å². The molecule has 0 spiro atoms. The van der Waals surface area contributed by atoms with Gasteiger partial charge in [-0.15, -0.1) is 0 Å². The molecule has 0 amide bonds. The van der Waals surface area contributed by atoms with Crippen molar-refractivity contribution in [1.29, 1.82) is 0 Å². The molecule has 1 unspecified atom stereocenters. The standard InChI is InChI=1S/C13H19BrN2O4S/c1-13(2)8-16(6-10(7-17)20-13)21(18,19)12-4-3-9(14)5-11(12)15/h3-5,10,17H,6-8,15H2,1-2H3. The second-order valence-corrected chi connectivity index (χ2v) is 8.48. The van der Waals surface area contributed by atoms with Crippen molar-refractivity contribution in [3.8, 4) is 0 Å². The maximum Gasteiger partial charge on any atom is 0.245 e. The van der Waals surface area contributed by atoms with E-state index in [-0.39, 0.29) is 30.3 Å². The summed E-state index contributed by atoms with van der Waals surface area (Å²) in [6.45, 7) is 3.68. The molecule has 3 N–H and O–H groups in total. The molecule has 8 heteroatoms. The highest BCUT2D eigenvalue weighted by Gasteiger charge is 2.39. The van der Waals surface area contributed by atoms with Gasteiger partial charge in [0.25, 0.3) is 0 Å². The lowest BCUT2D eigenvalue weighted by Crippen LogP contribution is -2.55. The summed E-state index contributed by atoms with van der Waals surface area (Å²) in [5, 5.41) is 9.29. The fourth-order valence-corrected chi connectivity index (χ4v) is 4.51. The Morgan fingerprint density at radius 1 is 1.52 bits per heavy atom. The highest BCUT2D eigenvalue weighted by atomic mass is 79.9. The van der Waals surface area contributed by atoms with Crippen LogP contribution in [0.3, 0.4) is 0 Å². The van der Waals surface area contributed by atoms with Crippen molar-refractivity contribution in [1.82, 2.24) is 4.31 Å². The third kappa shape index (κ3) is 3.57. The molecule has 1 heterocycles. The molecule has 1 saturated heterocycles. The summed E-state index contributed by atoms with van der Waals surface area (Å²) >= 11 is 3.26. The van der Waals surface area contributed by atoms with Crippen molar-refractivity contribution in [2.24, 2.45) is 0 Å². The number of aliphatic hydroxyl groups is 1. The largest absolute Gasteiger partial charge is 0.398 e. The van der Waals surface area contributed by atoms with Crippen LogP contribution in [0.15, 0.2) is 27.6 Å². The molecule has 1 aliphatic rings. The molecule has 1 aromatic carbocycles. The Hall–Kier alpha value is -0.670. The van der Waals surface area contributed by atoms with E-state index >= 15 is 0 Å². The SMILES string of the molecule is CC1(C)CN(S(=O)(=O)c2ccc(Br)cc2N)CC(CO)O1. The number of nitrogens with zero attached hydrogens (tertiary/aromatic N) is 1. The van der Waals surface area contributed by atoms with Gasteiger partial charge >= 0.3 is 0 Å². The number of anilines is 1. The van der Waals surface area contributed by atoms with Gasteiger partial charge in [-0.2, -0.15) is 4.31 Å². The number of sulfonamides is 1. The third-order valence-electron chi connectivity index (χ3n) is 3.24. The van der Waals surface area contributed by atoms with Gasteiger partial charge in [-0.25, -0.2) is 8.42 Å². The first-order chi connectivity index (χ1) is 9.65. The molecule has 6 nitrogen and oxygen atoms in total. The zero-order chi connectivity index (χ0) is 15.8. The molecule has 0 saturated carbocycles. The van der Waals surface area contributed by atoms with Crippen molar-refractivity contribution >= 4 is 31.6 Å². The fourth-order valence-electron chi connectivity index (χ4n) is 2.41. The first-order valence-electron chi connectivity index (χ1n) is 6.49. The summed E-state index contributed by atoms with van der Waals surface area (Å²) in [4.78, 5) is 0.0695. The van der Waals surface area contributed by atoms with Crippen LogP contribution in [0.4, 0.5) is 5.69 Å². The van der Waals surface area contributed by atoms with E-state index < -0.39 is 21.7 Å². The normalized spacial score (nSPS) is 23.1. The van der Waals surface area contributed by atoms with Gasteiger partial charge in [0, 0.05) is 17.6 Å². The number of rotatable bonds is 3. The first-order valence-corrected chi connectivity index (χ1v) is 8.73. The molecule has 1 aromatic rings. The molecular weight excluding hydrogens is 360 g/mol. The Morgan fingerprint density at radius 2 is 2.19 bits per heavy atom. The molecule has 2 rings (SSSR count). The Kier molecular flexibility index (Phi) is 4.65. The summed E-state index contributed by atoms with van der Waals surface area (Å²) in [5.74, 6) is 0. The summed E-state index contributed by atoms with van der Waals surface area (Å²) in [6, 6.07) is 4.67. The van der Waals surface area contributed by atoms with Gasteiger partial charge in [0.2, 0.25) is 10.0 Å². The number of nitrogens with two attached hydrogens (primary N) is 1. The van der Waals surface area contributed by atoms with Crippen molar-refractivity contribution in [2.75, 3.05) is 25.4 Å². The van der Waals surface area contributed by atoms with Gasteiger partial charge in [-0.3, -0.25) is 0 Å². The molecule has 1 atom stereocenters. The molecule has 21 heavy (non-hydrogen) atoms. The van der Waals surface area contributed by atoms with Crippen LogP contribution in [0.25, 0.3) is 0 Å². The molecule has 0 aliphatic carbocycles. The first kappa shape index (κ1) is 16.7. The van der Waals surface area contributed by atoms with E-state index in [9.17, 15) is 13.5 Å². The molecule has 1 fully saturated rings. The zero-order valence-electron chi connectivity index (χ0n) is 11.9. The minimum atomic E-state index is -3.73. The van der Waals surface area contributed by atoms with Crippen LogP contribution in [-0.2, 0) is 14.8 Å². The lowest BCUT2D eigenvalue weighted by Gasteiger charge is -2.41. The minimum absolute atomic E-state index is 0.0695. The Bertz CT molecular complexity index is 633. The molecule has 0 aromatic heterocycles. The maximum absolute atomic E-state index is 12.8. The monoisotopic (exact) mass is 378 g/mol. The quantitative estimate of drug-likeness (QED) is 0.770. The molecule has 0 bridgehead atoms. The Labute approximate surface area is 133 Å². The van der Waals surface area contributed by atoms with Gasteiger partial charge in [0.05, 0.1) is 24.0 Å². The van der Waals surface area contributed by atoms with Crippen molar-refractivity contribution < 1.29 is 18.3 Å². The van der Waals surface area contributed by atoms with Crippen LogP contribution >= 0.6 is 15.9 Å². The number of hydrogen-bond donors (Lipinski definition) is 2. The maximum atomic E-state index is 12.8. The van der Waals surface area contributed by atoms with Gasteiger partial charge in [0.15, 0.2) is 0 Å². The molecule has 118 valence electrons. The number of ether oxygens (including phenoxy) is 1. The lowest BCUT2D eigenvalue weighted by atomic mass is 10.1. The number of morpholine rings is 1. The van der Waals surface area contributed by atoms with Crippen LogP contribution in [0.5, 0.6) is 0 Å². The van der Waals surface area contributed by atoms with Crippen LogP contribution in [0, 0.1) is 0 Å². The van der Waals surface area contributed by atoms with E-state index in [0.717, 1.165) is 4.47 Å². The number of halogens is 1. The van der Waals surface area contributed by atoms with E-state index in [2.05, 4.69) is 15.9 Å². The van der Waals surface area contributed by atoms with Crippen LogP contribution in [-0.4, -0.2) is 49.2 Å². The van der Waals surface area contributed by atoms with Gasteiger partial charge in [0.1, 0.15) is 4.90 Å². The van der Waals surface area contributed by atoms with Gasteiger partial charge in [-0.1, -0.05) is 15.9 Å². The predicted octanol–water partition coefficient (Wildman–Crippen LogP) is 1.19. The third-order valence-corrected chi connectivity index (χ3v) is 5.62. The fraction of sp³-hybridized carbons (Fsp3) is 0.538. The van der Waals surface area contributed by atoms with Gasteiger partial charge < -0.3 is 15.6 Å². The van der Waals surface area contributed by atoms with E-state index in [4.69, 9.17) is 10.5 Å². The Balaban J connectivity index is 2.38. The number of aliphatic hydroxyl groups excluding tert-OH is 1. The summed E-state index contributed by atoms with van der Waals surface area (Å²) in [7, 11) is -3.73. The lowest BCUT2D eigenvalue weighted by molar-refractivity contribution is -0.131. The van der Waals surface area contributed by atoms with Crippen LogP contribution in [0.1, 0.15) is 13.8 Å². The van der Waals surface area contributed by atoms with E-state index in [1.54, 1.807) is 26.0 Å². The number of hydrogen-bond acceptors (Lipinski definition) is 5. The van der Waals surface area contributed by atoms with Crippen molar-refractivity contribution in [3.63, 3.8) is 0 Å². The predicted molar refractivity (Wildman–Crippen MR) is 83.4 cm³/mol. The highest BCUT2D eigenvalue weighted by molar-refractivity contribution is 9.10. The highest BCUT2D eigenvalue weighted by Crippen LogP contribution is 2.30. The Morgan fingerprint density at radius 3 is 2.76 bits per heavy atom. The van der Waals surface area contributed by atoms with E-state index in [1.165, 1.54) is 10.4 Å². The second-order valence-electron chi connectivity index (χ2n) is 5.66. The van der Waals surface area contributed by atoms with E-state index in [1.807, 2.05) is 0 Å². The summed E-state index contributed by atoms with van der Waals surface area (Å²) in [6.07, 6.45) is -0.541. The smallest absolute Gasteiger partial charge is 0.245 e. The molecule has 1 aliphatic heterocycles. The number of benzene rings is 1. The van der Waals surface area contributed by atoms with Crippen LogP contribution < -0.4 is 5.73 Å².